The molecule has 0 spiro atoms. The summed E-state index contributed by atoms with van der Waals surface area (Å²) in [6.45, 7) is 0. The fourth-order valence-electron chi connectivity index (χ4n) is 3.36. The SMILES string of the molecule is Nc1cccc2ccc(C3=CC=CC(Cc4nccs4)(OC(F)(F)F)C3)nc12. The van der Waals surface area contributed by atoms with Gasteiger partial charge in [-0.05, 0) is 17.7 Å². The quantitative estimate of drug-likeness (QED) is 0.613. The van der Waals surface area contributed by atoms with Crippen LogP contribution in [0.3, 0.4) is 0 Å². The molecular formula is C20H16F3N3OS. The van der Waals surface area contributed by atoms with Crippen molar-refractivity contribution in [3.05, 3.63) is 70.8 Å². The van der Waals surface area contributed by atoms with Crippen LogP contribution in [0.25, 0.3) is 16.5 Å². The van der Waals surface area contributed by atoms with Crippen LogP contribution in [0.4, 0.5) is 18.9 Å². The number of rotatable bonds is 4. The van der Waals surface area contributed by atoms with E-state index in [1.54, 1.807) is 35.9 Å². The van der Waals surface area contributed by atoms with Gasteiger partial charge in [-0.15, -0.1) is 24.5 Å². The van der Waals surface area contributed by atoms with Crippen LogP contribution in [0.1, 0.15) is 17.1 Å². The van der Waals surface area contributed by atoms with Crippen LogP contribution in [0.2, 0.25) is 0 Å². The van der Waals surface area contributed by atoms with E-state index < -0.39 is 12.0 Å². The molecular weight excluding hydrogens is 387 g/mol. The van der Waals surface area contributed by atoms with Crippen LogP contribution < -0.4 is 5.73 Å². The van der Waals surface area contributed by atoms with Crippen LogP contribution in [-0.4, -0.2) is 21.9 Å². The summed E-state index contributed by atoms with van der Waals surface area (Å²) in [7, 11) is 0. The molecule has 2 heterocycles. The molecule has 0 amide bonds. The highest BCUT2D eigenvalue weighted by Gasteiger charge is 2.44. The van der Waals surface area contributed by atoms with Gasteiger partial charge in [-0.2, -0.15) is 0 Å². The Bertz CT molecular complexity index is 1060. The predicted molar refractivity (Wildman–Crippen MR) is 104 cm³/mol. The van der Waals surface area contributed by atoms with Crippen molar-refractivity contribution in [2.45, 2.75) is 24.8 Å². The van der Waals surface area contributed by atoms with Crippen molar-refractivity contribution in [3.63, 3.8) is 0 Å². The van der Waals surface area contributed by atoms with Crippen molar-refractivity contribution in [3.8, 4) is 0 Å². The van der Waals surface area contributed by atoms with Gasteiger partial charge in [-0.3, -0.25) is 4.74 Å². The van der Waals surface area contributed by atoms with Crippen LogP contribution in [0.15, 0.2) is 60.1 Å². The van der Waals surface area contributed by atoms with E-state index in [0.29, 0.717) is 27.5 Å². The van der Waals surface area contributed by atoms with Gasteiger partial charge < -0.3 is 5.73 Å². The van der Waals surface area contributed by atoms with Gasteiger partial charge in [-0.25, -0.2) is 9.97 Å². The maximum atomic E-state index is 13.2. The third-order valence-electron chi connectivity index (χ3n) is 4.52. The number of fused-ring (bicyclic) bond motifs is 1. The summed E-state index contributed by atoms with van der Waals surface area (Å²) in [6.07, 6.45) is 1.62. The molecule has 1 unspecified atom stereocenters. The number of aromatic nitrogens is 2. The molecule has 28 heavy (non-hydrogen) atoms. The van der Waals surface area contributed by atoms with Crippen molar-refractivity contribution < 1.29 is 17.9 Å². The van der Waals surface area contributed by atoms with Gasteiger partial charge in [-0.1, -0.05) is 36.4 Å². The Morgan fingerprint density at radius 3 is 2.82 bits per heavy atom. The molecule has 0 fully saturated rings. The number of nitrogens with two attached hydrogens (primary N) is 1. The van der Waals surface area contributed by atoms with E-state index in [4.69, 9.17) is 5.73 Å². The van der Waals surface area contributed by atoms with E-state index in [0.717, 1.165) is 5.39 Å². The monoisotopic (exact) mass is 403 g/mol. The largest absolute Gasteiger partial charge is 0.523 e. The minimum absolute atomic E-state index is 0.0216. The number of para-hydroxylation sites is 1. The topological polar surface area (TPSA) is 61.0 Å². The standard InChI is InChI=1S/C20H16F3N3OS/c21-20(22,23)27-19(12-17-25-9-10-28-17)8-2-4-14(11-19)16-7-6-13-3-1-5-15(24)18(13)26-16/h1-10H,11-12,24H2. The molecule has 1 aliphatic rings. The second-order valence-electron chi connectivity index (χ2n) is 6.56. The van der Waals surface area contributed by atoms with Crippen molar-refractivity contribution in [1.82, 2.24) is 9.97 Å². The number of hydrogen-bond donors (Lipinski definition) is 1. The van der Waals surface area contributed by atoms with Gasteiger partial charge in [0, 0.05) is 29.8 Å². The zero-order chi connectivity index (χ0) is 19.8. The number of pyridine rings is 1. The molecule has 0 saturated heterocycles. The molecule has 1 atom stereocenters. The van der Waals surface area contributed by atoms with Gasteiger partial charge in [0.25, 0.3) is 0 Å². The minimum Gasteiger partial charge on any atom is -0.397 e. The van der Waals surface area contributed by atoms with Crippen molar-refractivity contribution >= 4 is 33.5 Å². The van der Waals surface area contributed by atoms with E-state index in [1.807, 2.05) is 18.2 Å². The Hall–Kier alpha value is -2.71. The molecule has 0 aliphatic heterocycles. The fourth-order valence-corrected chi connectivity index (χ4v) is 4.09. The van der Waals surface area contributed by atoms with E-state index in [9.17, 15) is 13.2 Å². The average molecular weight is 403 g/mol. The molecule has 1 aromatic carbocycles. The number of nitrogen functional groups attached to an aromatic ring is 1. The highest BCUT2D eigenvalue weighted by molar-refractivity contribution is 7.09. The van der Waals surface area contributed by atoms with Crippen molar-refractivity contribution in [2.24, 2.45) is 0 Å². The van der Waals surface area contributed by atoms with Gasteiger partial charge in [0.05, 0.1) is 21.9 Å². The minimum atomic E-state index is -4.77. The van der Waals surface area contributed by atoms with Crippen molar-refractivity contribution in [1.29, 1.82) is 0 Å². The zero-order valence-corrected chi connectivity index (χ0v) is 15.4. The number of benzene rings is 1. The molecule has 1 aliphatic carbocycles. The maximum Gasteiger partial charge on any atom is 0.523 e. The Morgan fingerprint density at radius 2 is 2.07 bits per heavy atom. The van der Waals surface area contributed by atoms with Crippen LogP contribution in [0.5, 0.6) is 0 Å². The van der Waals surface area contributed by atoms with E-state index in [-0.39, 0.29) is 12.8 Å². The van der Waals surface area contributed by atoms with Crippen LogP contribution in [-0.2, 0) is 11.2 Å². The fraction of sp³-hybridized carbons (Fsp3) is 0.200. The van der Waals surface area contributed by atoms with Crippen molar-refractivity contribution in [2.75, 3.05) is 5.73 Å². The van der Waals surface area contributed by atoms with Gasteiger partial charge in [0.2, 0.25) is 0 Å². The molecule has 8 heteroatoms. The summed E-state index contributed by atoms with van der Waals surface area (Å²) in [6, 6.07) is 9.11. The summed E-state index contributed by atoms with van der Waals surface area (Å²) >= 11 is 1.30. The highest BCUT2D eigenvalue weighted by atomic mass is 32.1. The first kappa shape index (κ1) is 18.6. The van der Waals surface area contributed by atoms with Gasteiger partial charge in [0.1, 0.15) is 5.60 Å². The molecule has 2 aromatic heterocycles. The number of allylic oxidation sites excluding steroid dienone is 2. The lowest BCUT2D eigenvalue weighted by molar-refractivity contribution is -0.357. The smallest absolute Gasteiger partial charge is 0.397 e. The predicted octanol–water partition coefficient (Wildman–Crippen LogP) is 5.13. The molecule has 0 bridgehead atoms. The van der Waals surface area contributed by atoms with E-state index in [2.05, 4.69) is 14.7 Å². The zero-order valence-electron chi connectivity index (χ0n) is 14.6. The first-order valence-electron chi connectivity index (χ1n) is 8.53. The Balaban J connectivity index is 1.70. The number of anilines is 1. The number of halogens is 3. The molecule has 0 saturated carbocycles. The third-order valence-corrected chi connectivity index (χ3v) is 5.30. The highest BCUT2D eigenvalue weighted by Crippen LogP contribution is 2.39. The molecule has 4 rings (SSSR count). The Labute approximate surface area is 163 Å². The second kappa shape index (κ2) is 7.03. The summed E-state index contributed by atoms with van der Waals surface area (Å²) in [5.41, 5.74) is 6.80. The number of hydrogen-bond acceptors (Lipinski definition) is 5. The van der Waals surface area contributed by atoms with Crippen LogP contribution >= 0.6 is 11.3 Å². The molecule has 144 valence electrons. The first-order valence-corrected chi connectivity index (χ1v) is 9.41. The Morgan fingerprint density at radius 1 is 1.21 bits per heavy atom. The summed E-state index contributed by atoms with van der Waals surface area (Å²) in [5, 5.41) is 3.18. The number of ether oxygens (including phenoxy) is 1. The summed E-state index contributed by atoms with van der Waals surface area (Å²) < 4.78 is 44.1. The first-order chi connectivity index (χ1) is 13.3. The molecule has 0 radical (unpaired) electrons. The third kappa shape index (κ3) is 3.93. The average Bonchev–Trinajstić information content (AvgIpc) is 3.13. The number of nitrogens with zero attached hydrogens (tertiary/aromatic N) is 2. The van der Waals surface area contributed by atoms with Gasteiger partial charge in [0.15, 0.2) is 0 Å². The number of alkyl halides is 3. The molecule has 4 nitrogen and oxygen atoms in total. The lowest BCUT2D eigenvalue weighted by Crippen LogP contribution is -2.39. The maximum absolute atomic E-state index is 13.2. The Kier molecular flexibility index (Phi) is 4.68. The van der Waals surface area contributed by atoms with Gasteiger partial charge >= 0.3 is 6.36 Å². The summed E-state index contributed by atoms with van der Waals surface area (Å²) in [4.78, 5) is 8.70. The lowest BCUT2D eigenvalue weighted by Gasteiger charge is -2.33. The number of thiazole rings is 1. The van der Waals surface area contributed by atoms with E-state index >= 15 is 0 Å². The van der Waals surface area contributed by atoms with Crippen LogP contribution in [0, 0.1) is 0 Å². The summed E-state index contributed by atoms with van der Waals surface area (Å²) in [5.74, 6) is 0. The normalized spacial score (nSPS) is 19.8. The van der Waals surface area contributed by atoms with E-state index in [1.165, 1.54) is 17.4 Å². The second-order valence-corrected chi connectivity index (χ2v) is 7.54. The molecule has 3 aromatic rings. The lowest BCUT2D eigenvalue weighted by atomic mass is 9.85. The molecule has 2 N–H and O–H groups in total.